The third-order valence-electron chi connectivity index (χ3n) is 4.81. The van der Waals surface area contributed by atoms with Crippen LogP contribution in [0.4, 0.5) is 10.5 Å². The number of anilines is 1. The second-order valence-electron chi connectivity index (χ2n) is 7.73. The first-order valence-electron chi connectivity index (χ1n) is 10.4. The van der Waals surface area contributed by atoms with Crippen LogP contribution in [0.25, 0.3) is 0 Å². The van der Waals surface area contributed by atoms with E-state index in [0.29, 0.717) is 12.1 Å². The van der Waals surface area contributed by atoms with Crippen molar-refractivity contribution in [2.45, 2.75) is 46.2 Å². The van der Waals surface area contributed by atoms with Gasteiger partial charge in [-0.3, -0.25) is 4.79 Å². The van der Waals surface area contributed by atoms with Crippen molar-refractivity contribution < 1.29 is 19.1 Å². The molecule has 2 atom stereocenters. The van der Waals surface area contributed by atoms with Gasteiger partial charge < -0.3 is 20.7 Å². The Morgan fingerprint density at radius 3 is 2.16 bits per heavy atom. The molecular formula is C24H31N3O4. The van der Waals surface area contributed by atoms with Crippen LogP contribution in [0.2, 0.25) is 0 Å². The molecule has 3 N–H and O–H groups in total. The monoisotopic (exact) mass is 425 g/mol. The number of nitrogens with one attached hydrogen (secondary N) is 3. The number of hydrogen-bond donors (Lipinski definition) is 3. The maximum absolute atomic E-state index is 12.5. The summed E-state index contributed by atoms with van der Waals surface area (Å²) in [7, 11) is 0. The number of carbonyl (C=O) groups excluding carboxylic acids is 3. The summed E-state index contributed by atoms with van der Waals surface area (Å²) in [5, 5.41) is 8.16. The molecule has 0 aliphatic heterocycles. The lowest BCUT2D eigenvalue weighted by atomic mass is 10.0. The quantitative estimate of drug-likeness (QED) is 0.530. The minimum absolute atomic E-state index is 0.164. The highest BCUT2D eigenvalue weighted by atomic mass is 16.5. The average molecular weight is 426 g/mol. The number of benzene rings is 2. The van der Waals surface area contributed by atoms with Gasteiger partial charge in [0, 0.05) is 5.69 Å². The molecule has 0 bridgehead atoms. The first kappa shape index (κ1) is 23.9. The number of aryl methyl sites for hydroxylation is 1. The van der Waals surface area contributed by atoms with Crippen molar-refractivity contribution in [3.63, 3.8) is 0 Å². The van der Waals surface area contributed by atoms with E-state index in [1.807, 2.05) is 44.2 Å². The third kappa shape index (κ3) is 7.77. The van der Waals surface area contributed by atoms with E-state index in [-0.39, 0.29) is 12.0 Å². The number of hydrogen-bond acceptors (Lipinski definition) is 4. The van der Waals surface area contributed by atoms with Gasteiger partial charge in [0.05, 0.1) is 6.04 Å². The van der Waals surface area contributed by atoms with Crippen LogP contribution >= 0.6 is 0 Å². The molecule has 7 heteroatoms. The zero-order valence-electron chi connectivity index (χ0n) is 18.5. The Morgan fingerprint density at radius 1 is 0.935 bits per heavy atom. The molecule has 0 aromatic heterocycles. The number of urea groups is 1. The van der Waals surface area contributed by atoms with Crippen molar-refractivity contribution in [3.8, 4) is 0 Å². The Bertz CT molecular complexity index is 866. The molecule has 3 amide bonds. The molecule has 2 aromatic carbocycles. The van der Waals surface area contributed by atoms with Gasteiger partial charge in [-0.15, -0.1) is 0 Å². The SMILES string of the molecule is CC[C@H](NC(=O)COC(=O)[C@H](NC(=O)Nc1ccccc1)C(C)C)c1ccc(C)cc1. The van der Waals surface area contributed by atoms with Gasteiger partial charge in [0.15, 0.2) is 6.61 Å². The van der Waals surface area contributed by atoms with E-state index in [2.05, 4.69) is 16.0 Å². The lowest BCUT2D eigenvalue weighted by Gasteiger charge is -2.22. The molecule has 166 valence electrons. The number of amides is 3. The van der Waals surface area contributed by atoms with E-state index < -0.39 is 30.6 Å². The third-order valence-corrected chi connectivity index (χ3v) is 4.81. The minimum Gasteiger partial charge on any atom is -0.454 e. The van der Waals surface area contributed by atoms with Crippen molar-refractivity contribution in [2.24, 2.45) is 5.92 Å². The minimum atomic E-state index is -0.879. The molecule has 0 saturated heterocycles. The van der Waals surface area contributed by atoms with Crippen LogP contribution < -0.4 is 16.0 Å². The molecule has 0 spiro atoms. The Morgan fingerprint density at radius 2 is 1.58 bits per heavy atom. The van der Waals surface area contributed by atoms with E-state index in [1.165, 1.54) is 0 Å². The van der Waals surface area contributed by atoms with Crippen LogP contribution in [0.1, 0.15) is 44.4 Å². The van der Waals surface area contributed by atoms with Crippen LogP contribution in [0.3, 0.4) is 0 Å². The first-order valence-corrected chi connectivity index (χ1v) is 10.4. The van der Waals surface area contributed by atoms with Crippen LogP contribution in [-0.2, 0) is 14.3 Å². The van der Waals surface area contributed by atoms with E-state index in [9.17, 15) is 14.4 Å². The Hall–Kier alpha value is -3.35. The van der Waals surface area contributed by atoms with Crippen LogP contribution in [0, 0.1) is 12.8 Å². The summed E-state index contributed by atoms with van der Waals surface area (Å²) < 4.78 is 5.19. The lowest BCUT2D eigenvalue weighted by molar-refractivity contribution is -0.151. The van der Waals surface area contributed by atoms with Gasteiger partial charge in [0.2, 0.25) is 0 Å². The highest BCUT2D eigenvalue weighted by Crippen LogP contribution is 2.17. The van der Waals surface area contributed by atoms with Crippen LogP contribution in [0.5, 0.6) is 0 Å². The molecule has 0 unspecified atom stereocenters. The second-order valence-corrected chi connectivity index (χ2v) is 7.73. The van der Waals surface area contributed by atoms with Gasteiger partial charge in [0.25, 0.3) is 5.91 Å². The molecule has 0 heterocycles. The molecule has 0 aliphatic carbocycles. The van der Waals surface area contributed by atoms with Gasteiger partial charge in [-0.2, -0.15) is 0 Å². The fourth-order valence-electron chi connectivity index (χ4n) is 3.01. The topological polar surface area (TPSA) is 96.5 Å². The van der Waals surface area contributed by atoms with E-state index >= 15 is 0 Å². The lowest BCUT2D eigenvalue weighted by Crippen LogP contribution is -2.47. The van der Waals surface area contributed by atoms with Gasteiger partial charge in [-0.25, -0.2) is 9.59 Å². The molecule has 0 aliphatic rings. The molecule has 0 fully saturated rings. The van der Waals surface area contributed by atoms with E-state index in [4.69, 9.17) is 4.74 Å². The summed E-state index contributed by atoms with van der Waals surface area (Å²) in [6.07, 6.45) is 0.707. The molecule has 31 heavy (non-hydrogen) atoms. The summed E-state index contributed by atoms with van der Waals surface area (Å²) >= 11 is 0. The summed E-state index contributed by atoms with van der Waals surface area (Å²) in [6, 6.07) is 15.3. The smallest absolute Gasteiger partial charge is 0.329 e. The number of carbonyl (C=O) groups is 3. The predicted octanol–water partition coefficient (Wildman–Crippen LogP) is 3.95. The summed E-state index contributed by atoms with van der Waals surface area (Å²) in [6.45, 7) is 7.15. The predicted molar refractivity (Wildman–Crippen MR) is 121 cm³/mol. The highest BCUT2D eigenvalue weighted by molar-refractivity contribution is 5.93. The van der Waals surface area contributed by atoms with Gasteiger partial charge >= 0.3 is 12.0 Å². The highest BCUT2D eigenvalue weighted by Gasteiger charge is 2.26. The Kier molecular flexibility index (Phi) is 9.06. The fourth-order valence-corrected chi connectivity index (χ4v) is 3.01. The van der Waals surface area contributed by atoms with Crippen molar-refractivity contribution in [3.05, 3.63) is 65.7 Å². The first-order chi connectivity index (χ1) is 14.8. The van der Waals surface area contributed by atoms with Gasteiger partial charge in [-0.05, 0) is 37.0 Å². The van der Waals surface area contributed by atoms with Gasteiger partial charge in [0.1, 0.15) is 6.04 Å². The normalized spacial score (nSPS) is 12.5. The Balaban J connectivity index is 1.87. The second kappa shape index (κ2) is 11.7. The molecule has 2 aromatic rings. The average Bonchev–Trinajstić information content (AvgIpc) is 2.75. The van der Waals surface area contributed by atoms with Crippen LogP contribution in [-0.4, -0.2) is 30.6 Å². The fraction of sp³-hybridized carbons (Fsp3) is 0.375. The Labute approximate surface area is 183 Å². The molecular weight excluding hydrogens is 394 g/mol. The van der Waals surface area contributed by atoms with Crippen LogP contribution in [0.15, 0.2) is 54.6 Å². The maximum Gasteiger partial charge on any atom is 0.329 e. The summed E-state index contributed by atoms with van der Waals surface area (Å²) in [5.74, 6) is -1.26. The van der Waals surface area contributed by atoms with Crippen molar-refractivity contribution in [1.29, 1.82) is 0 Å². The van der Waals surface area contributed by atoms with Crippen molar-refractivity contribution in [1.82, 2.24) is 10.6 Å². The zero-order chi connectivity index (χ0) is 22.8. The van der Waals surface area contributed by atoms with Crippen molar-refractivity contribution in [2.75, 3.05) is 11.9 Å². The summed E-state index contributed by atoms with van der Waals surface area (Å²) in [5.41, 5.74) is 2.74. The largest absolute Gasteiger partial charge is 0.454 e. The van der Waals surface area contributed by atoms with Crippen molar-refractivity contribution >= 4 is 23.6 Å². The number of rotatable bonds is 9. The molecule has 2 rings (SSSR count). The summed E-state index contributed by atoms with van der Waals surface area (Å²) in [4.78, 5) is 37.0. The van der Waals surface area contributed by atoms with Gasteiger partial charge in [-0.1, -0.05) is 68.8 Å². The standard InChI is InChI=1S/C24H31N3O4/c1-5-20(18-13-11-17(4)12-14-18)26-21(28)15-31-23(29)22(16(2)3)27-24(30)25-19-9-7-6-8-10-19/h6-14,16,20,22H,5,15H2,1-4H3,(H,26,28)(H2,25,27,30)/t20-,22+/m0/s1. The number of ether oxygens (including phenoxy) is 1. The maximum atomic E-state index is 12.5. The number of esters is 1. The molecule has 7 nitrogen and oxygen atoms in total. The number of para-hydroxylation sites is 1. The zero-order valence-corrected chi connectivity index (χ0v) is 18.5. The molecule has 0 radical (unpaired) electrons. The van der Waals surface area contributed by atoms with E-state index in [1.54, 1.807) is 38.1 Å². The van der Waals surface area contributed by atoms with E-state index in [0.717, 1.165) is 11.1 Å². The molecule has 0 saturated carbocycles.